The lowest BCUT2D eigenvalue weighted by atomic mass is 9.97. The second kappa shape index (κ2) is 8.11. The molecular formula is C18H21BrN4. The van der Waals surface area contributed by atoms with Crippen LogP contribution >= 0.6 is 15.9 Å². The number of aromatic nitrogens is 2. The van der Waals surface area contributed by atoms with E-state index >= 15 is 0 Å². The van der Waals surface area contributed by atoms with Gasteiger partial charge in [0.15, 0.2) is 0 Å². The summed E-state index contributed by atoms with van der Waals surface area (Å²) in [4.78, 5) is 8.56. The molecule has 0 atom stereocenters. The van der Waals surface area contributed by atoms with E-state index in [9.17, 15) is 0 Å². The molecule has 0 spiro atoms. The number of allylic oxidation sites excluding steroid dienone is 1. The Morgan fingerprint density at radius 2 is 1.87 bits per heavy atom. The topological polar surface area (TPSA) is 49.8 Å². The molecule has 3 rings (SSSR count). The molecule has 0 radical (unpaired) electrons. The summed E-state index contributed by atoms with van der Waals surface area (Å²) in [6.07, 6.45) is 10.2. The van der Waals surface area contributed by atoms with Gasteiger partial charge in [-0.3, -0.25) is 0 Å². The molecule has 1 aromatic heterocycles. The van der Waals surface area contributed by atoms with Gasteiger partial charge in [0, 0.05) is 22.8 Å². The van der Waals surface area contributed by atoms with Crippen LogP contribution in [-0.4, -0.2) is 16.5 Å². The highest BCUT2D eigenvalue weighted by molar-refractivity contribution is 9.10. The summed E-state index contributed by atoms with van der Waals surface area (Å²) in [5.41, 5.74) is 2.58. The number of benzene rings is 1. The van der Waals surface area contributed by atoms with Crippen LogP contribution in [0.2, 0.25) is 0 Å². The standard InChI is InChI=1S/C18H21BrN4/c19-15-6-8-16(9-7-15)23-18-12-17(21-13-22-18)20-11-10-14-4-2-1-3-5-14/h4,6-9,12-13H,1-3,5,10-11H2,(H2,20,21,22,23). The van der Waals surface area contributed by atoms with Gasteiger partial charge in [-0.25, -0.2) is 9.97 Å². The zero-order valence-electron chi connectivity index (χ0n) is 13.1. The molecule has 0 unspecified atom stereocenters. The lowest BCUT2D eigenvalue weighted by Crippen LogP contribution is -2.06. The summed E-state index contributed by atoms with van der Waals surface area (Å²) in [6, 6.07) is 9.96. The molecule has 1 aliphatic carbocycles. The summed E-state index contributed by atoms with van der Waals surface area (Å²) >= 11 is 3.44. The van der Waals surface area contributed by atoms with Crippen LogP contribution in [0.3, 0.4) is 0 Å². The highest BCUT2D eigenvalue weighted by atomic mass is 79.9. The normalized spacial score (nSPS) is 14.2. The number of hydrogen-bond donors (Lipinski definition) is 2. The van der Waals surface area contributed by atoms with E-state index in [1.807, 2.05) is 30.3 Å². The van der Waals surface area contributed by atoms with Crippen LogP contribution in [0.25, 0.3) is 0 Å². The van der Waals surface area contributed by atoms with E-state index in [-0.39, 0.29) is 0 Å². The fourth-order valence-corrected chi connectivity index (χ4v) is 2.95. The van der Waals surface area contributed by atoms with Crippen molar-refractivity contribution < 1.29 is 0 Å². The fourth-order valence-electron chi connectivity index (χ4n) is 2.69. The third kappa shape index (κ3) is 5.06. The third-order valence-electron chi connectivity index (χ3n) is 3.92. The molecule has 0 aliphatic heterocycles. The van der Waals surface area contributed by atoms with Crippen molar-refractivity contribution in [2.45, 2.75) is 32.1 Å². The first-order valence-corrected chi connectivity index (χ1v) is 8.85. The Morgan fingerprint density at radius 3 is 2.65 bits per heavy atom. The smallest absolute Gasteiger partial charge is 0.135 e. The van der Waals surface area contributed by atoms with Gasteiger partial charge < -0.3 is 10.6 Å². The van der Waals surface area contributed by atoms with Crippen LogP contribution in [0, 0.1) is 0 Å². The lowest BCUT2D eigenvalue weighted by molar-refractivity contribution is 0.679. The van der Waals surface area contributed by atoms with Crippen molar-refractivity contribution >= 4 is 33.3 Å². The molecule has 0 amide bonds. The average Bonchev–Trinajstić information content (AvgIpc) is 2.58. The van der Waals surface area contributed by atoms with Gasteiger partial charge >= 0.3 is 0 Å². The van der Waals surface area contributed by atoms with E-state index in [1.54, 1.807) is 11.9 Å². The summed E-state index contributed by atoms with van der Waals surface area (Å²) in [5.74, 6) is 1.65. The van der Waals surface area contributed by atoms with Crippen LogP contribution in [0.4, 0.5) is 17.3 Å². The number of halogens is 1. The Kier molecular flexibility index (Phi) is 5.64. The van der Waals surface area contributed by atoms with Crippen LogP contribution in [-0.2, 0) is 0 Å². The second-order valence-electron chi connectivity index (χ2n) is 5.71. The molecule has 4 nitrogen and oxygen atoms in total. The first-order valence-electron chi connectivity index (χ1n) is 8.06. The van der Waals surface area contributed by atoms with Crippen molar-refractivity contribution in [3.8, 4) is 0 Å². The fraction of sp³-hybridized carbons (Fsp3) is 0.333. The van der Waals surface area contributed by atoms with Crippen molar-refractivity contribution in [2.24, 2.45) is 0 Å². The van der Waals surface area contributed by atoms with E-state index in [4.69, 9.17) is 0 Å². The van der Waals surface area contributed by atoms with Gasteiger partial charge in [0.05, 0.1) is 0 Å². The van der Waals surface area contributed by atoms with Crippen LogP contribution < -0.4 is 10.6 Å². The van der Waals surface area contributed by atoms with Gasteiger partial charge in [0.2, 0.25) is 0 Å². The summed E-state index contributed by atoms with van der Waals surface area (Å²) in [6.45, 7) is 0.917. The maximum Gasteiger partial charge on any atom is 0.135 e. The van der Waals surface area contributed by atoms with E-state index < -0.39 is 0 Å². The van der Waals surface area contributed by atoms with Crippen molar-refractivity contribution in [3.05, 3.63) is 52.8 Å². The zero-order valence-corrected chi connectivity index (χ0v) is 14.6. The molecule has 0 bridgehead atoms. The Labute approximate surface area is 145 Å². The van der Waals surface area contributed by atoms with E-state index in [0.29, 0.717) is 0 Å². The summed E-state index contributed by atoms with van der Waals surface area (Å²) in [7, 11) is 0. The van der Waals surface area contributed by atoms with Gasteiger partial charge in [0.25, 0.3) is 0 Å². The van der Waals surface area contributed by atoms with Crippen molar-refractivity contribution in [3.63, 3.8) is 0 Å². The van der Waals surface area contributed by atoms with Gasteiger partial charge in [-0.1, -0.05) is 27.6 Å². The molecular weight excluding hydrogens is 352 g/mol. The van der Waals surface area contributed by atoms with E-state index in [2.05, 4.69) is 42.6 Å². The first kappa shape index (κ1) is 16.0. The molecule has 23 heavy (non-hydrogen) atoms. The molecule has 5 heteroatoms. The minimum Gasteiger partial charge on any atom is -0.370 e. The molecule has 0 saturated heterocycles. The molecule has 1 aliphatic rings. The zero-order chi connectivity index (χ0) is 15.9. The maximum atomic E-state index is 4.29. The van der Waals surface area contributed by atoms with Gasteiger partial charge in [-0.05, 0) is 56.4 Å². The molecule has 0 saturated carbocycles. The van der Waals surface area contributed by atoms with E-state index in [0.717, 1.165) is 34.8 Å². The van der Waals surface area contributed by atoms with Crippen LogP contribution in [0.15, 0.2) is 52.8 Å². The molecule has 2 aromatic rings. The van der Waals surface area contributed by atoms with Crippen molar-refractivity contribution in [1.29, 1.82) is 0 Å². The SMILES string of the molecule is Brc1ccc(Nc2cc(NCCC3=CCCCC3)ncn2)cc1. The van der Waals surface area contributed by atoms with Crippen LogP contribution in [0.5, 0.6) is 0 Å². The third-order valence-corrected chi connectivity index (χ3v) is 4.45. The minimum absolute atomic E-state index is 0.793. The van der Waals surface area contributed by atoms with Crippen molar-refractivity contribution in [1.82, 2.24) is 9.97 Å². The summed E-state index contributed by atoms with van der Waals surface area (Å²) < 4.78 is 1.06. The van der Waals surface area contributed by atoms with E-state index in [1.165, 1.54) is 25.7 Å². The highest BCUT2D eigenvalue weighted by Gasteiger charge is 2.04. The van der Waals surface area contributed by atoms with Gasteiger partial charge in [-0.2, -0.15) is 0 Å². The van der Waals surface area contributed by atoms with Gasteiger partial charge in [-0.15, -0.1) is 0 Å². The molecule has 0 fully saturated rings. The predicted molar refractivity (Wildman–Crippen MR) is 99.1 cm³/mol. The lowest BCUT2D eigenvalue weighted by Gasteiger charge is -2.13. The Balaban J connectivity index is 1.54. The quantitative estimate of drug-likeness (QED) is 0.676. The minimum atomic E-state index is 0.793. The predicted octanol–water partition coefficient (Wildman–Crippen LogP) is 5.29. The Hall–Kier alpha value is -1.88. The molecule has 2 N–H and O–H groups in total. The monoisotopic (exact) mass is 372 g/mol. The first-order chi connectivity index (χ1) is 11.3. The summed E-state index contributed by atoms with van der Waals surface area (Å²) in [5, 5.41) is 6.68. The average molecular weight is 373 g/mol. The Bertz CT molecular complexity index is 667. The second-order valence-corrected chi connectivity index (χ2v) is 6.62. The number of nitrogens with one attached hydrogen (secondary N) is 2. The highest BCUT2D eigenvalue weighted by Crippen LogP contribution is 2.21. The largest absolute Gasteiger partial charge is 0.370 e. The number of nitrogens with zero attached hydrogens (tertiary/aromatic N) is 2. The number of anilines is 3. The molecule has 1 aromatic carbocycles. The Morgan fingerprint density at radius 1 is 1.04 bits per heavy atom. The number of rotatable bonds is 6. The maximum absolute atomic E-state index is 4.29. The number of hydrogen-bond acceptors (Lipinski definition) is 4. The van der Waals surface area contributed by atoms with Gasteiger partial charge in [0.1, 0.15) is 18.0 Å². The van der Waals surface area contributed by atoms with Crippen LogP contribution in [0.1, 0.15) is 32.1 Å². The molecule has 120 valence electrons. The molecule has 1 heterocycles. The van der Waals surface area contributed by atoms with Crippen molar-refractivity contribution in [2.75, 3.05) is 17.2 Å².